The summed E-state index contributed by atoms with van der Waals surface area (Å²) >= 11 is 0. The van der Waals surface area contributed by atoms with E-state index in [-0.39, 0.29) is 0 Å². The molecule has 6 rings (SSSR count). The first-order valence-corrected chi connectivity index (χ1v) is 15.5. The standard InChI is InChI=1S/C34H26O22/c35-12-1-8(2-13(36)21(12)40)30(48)53-17-4-9(3-14(37)22(17)41)31(49)56-34-28(47)29-25(44)18(54-34)7-52-32(50)10-5-15(38)23(42)26(45)19(10)20-11(33(51)55-29)6-16(39)24(43)27(20)46/h1-6,18,25,28-29,34-47H,7H2/t18-,25-,28-,29+,34+/m1/s1. The van der Waals surface area contributed by atoms with Crippen molar-refractivity contribution < 1.29 is 109 Å². The van der Waals surface area contributed by atoms with E-state index in [1.165, 1.54) is 0 Å². The zero-order chi connectivity index (χ0) is 41.1. The van der Waals surface area contributed by atoms with E-state index in [0.29, 0.717) is 36.4 Å². The molecule has 0 aromatic heterocycles. The lowest BCUT2D eigenvalue weighted by molar-refractivity contribution is -0.284. The highest BCUT2D eigenvalue weighted by molar-refractivity contribution is 6.08. The summed E-state index contributed by atoms with van der Waals surface area (Å²) in [6.07, 6.45) is -10.7. The number of hydrogen-bond acceptors (Lipinski definition) is 22. The topological polar surface area (TPSA) is 377 Å². The van der Waals surface area contributed by atoms with Crippen LogP contribution in [-0.4, -0.2) is 128 Å². The molecule has 13 N–H and O–H groups in total. The van der Waals surface area contributed by atoms with Crippen LogP contribution in [0.15, 0.2) is 36.4 Å². The van der Waals surface area contributed by atoms with Crippen LogP contribution in [0.25, 0.3) is 11.1 Å². The SMILES string of the molecule is O=C(Oc1cc(C(=O)O[C@@H]2O[C@@H]3COC(=O)c4cc(O)c(O)c(O)c4-c4c(cc(O)c(O)c4O)C(=O)O[C@H]([C@H]2O)[C@@H]3O)cc(O)c1O)c1cc(O)c(O)c(O)c1. The Bertz CT molecular complexity index is 2310. The van der Waals surface area contributed by atoms with Crippen LogP contribution in [-0.2, 0) is 18.9 Å². The molecule has 2 bridgehead atoms. The van der Waals surface area contributed by atoms with Gasteiger partial charge in [-0.15, -0.1) is 0 Å². The Hall–Kier alpha value is -7.56. The summed E-state index contributed by atoms with van der Waals surface area (Å²) in [5.41, 5.74) is -5.06. The molecule has 0 aliphatic carbocycles. The van der Waals surface area contributed by atoms with Gasteiger partial charge in [-0.2, -0.15) is 0 Å². The van der Waals surface area contributed by atoms with Gasteiger partial charge >= 0.3 is 23.9 Å². The number of benzene rings is 4. The van der Waals surface area contributed by atoms with Crippen molar-refractivity contribution in [3.63, 3.8) is 0 Å². The molecule has 22 nitrogen and oxygen atoms in total. The van der Waals surface area contributed by atoms with Gasteiger partial charge in [0.2, 0.25) is 23.5 Å². The monoisotopic (exact) mass is 786 g/mol. The molecule has 0 unspecified atom stereocenters. The van der Waals surface area contributed by atoms with E-state index in [0.717, 1.165) is 0 Å². The second-order valence-corrected chi connectivity index (χ2v) is 12.0. The molecule has 4 aromatic carbocycles. The number of fused-ring (bicyclic) bond motifs is 5. The number of aliphatic hydroxyl groups is 2. The number of carbonyl (C=O) groups excluding carboxylic acids is 4. The van der Waals surface area contributed by atoms with Gasteiger partial charge in [0.25, 0.3) is 0 Å². The fourth-order valence-electron chi connectivity index (χ4n) is 5.66. The number of esters is 4. The highest BCUT2D eigenvalue weighted by Gasteiger charge is 2.50. The van der Waals surface area contributed by atoms with Gasteiger partial charge in [0, 0.05) is 11.1 Å². The van der Waals surface area contributed by atoms with E-state index in [1.54, 1.807) is 0 Å². The number of aromatic hydroxyl groups is 11. The largest absolute Gasteiger partial charge is 0.504 e. The Labute approximate surface area is 309 Å². The van der Waals surface area contributed by atoms with Gasteiger partial charge in [0.15, 0.2) is 64.0 Å². The molecule has 4 aromatic rings. The molecule has 5 atom stereocenters. The molecule has 56 heavy (non-hydrogen) atoms. The Morgan fingerprint density at radius 3 is 1.61 bits per heavy atom. The maximum Gasteiger partial charge on any atom is 0.343 e. The second-order valence-electron chi connectivity index (χ2n) is 12.0. The minimum absolute atomic E-state index is 0.471. The summed E-state index contributed by atoms with van der Waals surface area (Å²) in [5, 5.41) is 134. The minimum atomic E-state index is -2.34. The summed E-state index contributed by atoms with van der Waals surface area (Å²) in [6, 6.07) is 3.60. The minimum Gasteiger partial charge on any atom is -0.504 e. The Morgan fingerprint density at radius 2 is 1.05 bits per heavy atom. The van der Waals surface area contributed by atoms with Crippen molar-refractivity contribution in [3.8, 4) is 80.1 Å². The fourth-order valence-corrected chi connectivity index (χ4v) is 5.66. The Kier molecular flexibility index (Phi) is 9.55. The molecular weight excluding hydrogens is 760 g/mol. The molecule has 2 aliphatic heterocycles. The van der Waals surface area contributed by atoms with Crippen molar-refractivity contribution in [2.75, 3.05) is 6.61 Å². The number of cyclic esters (lactones) is 1. The smallest absolute Gasteiger partial charge is 0.343 e. The molecular formula is C34H26O22. The van der Waals surface area contributed by atoms with Crippen LogP contribution < -0.4 is 4.74 Å². The van der Waals surface area contributed by atoms with Crippen molar-refractivity contribution in [1.29, 1.82) is 0 Å². The second kappa shape index (κ2) is 14.0. The summed E-state index contributed by atoms with van der Waals surface area (Å²) in [5.74, 6) is -19.5. The van der Waals surface area contributed by atoms with Gasteiger partial charge in [0.1, 0.15) is 18.8 Å². The fraction of sp³-hybridized carbons (Fsp3) is 0.176. The van der Waals surface area contributed by atoms with Gasteiger partial charge in [0.05, 0.1) is 22.3 Å². The first-order chi connectivity index (χ1) is 26.3. The number of ether oxygens (including phenoxy) is 5. The third kappa shape index (κ3) is 6.50. The summed E-state index contributed by atoms with van der Waals surface area (Å²) in [4.78, 5) is 53.0. The van der Waals surface area contributed by atoms with Crippen molar-refractivity contribution in [1.82, 2.24) is 0 Å². The Balaban J connectivity index is 1.34. The van der Waals surface area contributed by atoms with Crippen molar-refractivity contribution in [3.05, 3.63) is 58.7 Å². The van der Waals surface area contributed by atoms with E-state index in [9.17, 15) is 85.6 Å². The number of rotatable bonds is 4. The molecule has 294 valence electrons. The maximum atomic E-state index is 13.6. The number of carbonyl (C=O) groups is 4. The van der Waals surface area contributed by atoms with E-state index in [4.69, 9.17) is 23.7 Å². The zero-order valence-corrected chi connectivity index (χ0v) is 27.5. The zero-order valence-electron chi connectivity index (χ0n) is 27.5. The molecule has 0 radical (unpaired) electrons. The van der Waals surface area contributed by atoms with Crippen molar-refractivity contribution >= 4 is 23.9 Å². The first kappa shape index (κ1) is 38.2. The van der Waals surface area contributed by atoms with Crippen LogP contribution in [0, 0.1) is 0 Å². The number of aliphatic hydroxyl groups excluding tert-OH is 2. The third-order valence-corrected chi connectivity index (χ3v) is 8.48. The highest BCUT2D eigenvalue weighted by Crippen LogP contribution is 2.53. The molecule has 2 aliphatic rings. The predicted molar refractivity (Wildman–Crippen MR) is 174 cm³/mol. The number of phenolic OH excluding ortho intramolecular Hbond substituents is 11. The maximum absolute atomic E-state index is 13.6. The molecule has 1 fully saturated rings. The van der Waals surface area contributed by atoms with Gasteiger partial charge in [-0.25, -0.2) is 19.2 Å². The van der Waals surface area contributed by atoms with E-state index < -0.39 is 164 Å². The first-order valence-electron chi connectivity index (χ1n) is 15.5. The van der Waals surface area contributed by atoms with Gasteiger partial charge in [-0.3, -0.25) is 0 Å². The molecule has 0 spiro atoms. The normalized spacial score (nSPS) is 20.6. The summed E-state index contributed by atoms with van der Waals surface area (Å²) < 4.78 is 26.0. The lowest BCUT2D eigenvalue weighted by atomic mass is 9.91. The average Bonchev–Trinajstić information content (AvgIpc) is 3.15. The van der Waals surface area contributed by atoms with Gasteiger partial charge in [-0.05, 0) is 36.4 Å². The van der Waals surface area contributed by atoms with Crippen LogP contribution in [0.4, 0.5) is 0 Å². The van der Waals surface area contributed by atoms with Crippen LogP contribution in [0.1, 0.15) is 41.4 Å². The molecule has 22 heteroatoms. The third-order valence-electron chi connectivity index (χ3n) is 8.48. The summed E-state index contributed by atoms with van der Waals surface area (Å²) in [6.45, 7) is -1.03. The van der Waals surface area contributed by atoms with E-state index >= 15 is 0 Å². The van der Waals surface area contributed by atoms with Crippen molar-refractivity contribution in [2.24, 2.45) is 0 Å². The molecule has 0 saturated carbocycles. The van der Waals surface area contributed by atoms with Gasteiger partial charge in [-0.1, -0.05) is 0 Å². The van der Waals surface area contributed by atoms with Crippen LogP contribution in [0.5, 0.6) is 69.0 Å². The number of hydrogen-bond donors (Lipinski definition) is 13. The molecule has 1 saturated heterocycles. The van der Waals surface area contributed by atoms with Crippen LogP contribution in [0.2, 0.25) is 0 Å². The lowest BCUT2D eigenvalue weighted by Crippen LogP contribution is -2.61. The highest BCUT2D eigenvalue weighted by atomic mass is 16.7. The van der Waals surface area contributed by atoms with Crippen molar-refractivity contribution in [2.45, 2.75) is 30.7 Å². The predicted octanol–water partition coefficient (Wildman–Crippen LogP) is 0.334. The summed E-state index contributed by atoms with van der Waals surface area (Å²) in [7, 11) is 0. The lowest BCUT2D eigenvalue weighted by Gasteiger charge is -2.41. The quantitative estimate of drug-likeness (QED) is 0.0573. The molecule has 0 amide bonds. The van der Waals surface area contributed by atoms with Crippen LogP contribution >= 0.6 is 0 Å². The Morgan fingerprint density at radius 1 is 0.571 bits per heavy atom. The molecule has 2 heterocycles. The van der Waals surface area contributed by atoms with E-state index in [1.807, 2.05) is 0 Å². The number of phenols is 11. The average molecular weight is 787 g/mol. The van der Waals surface area contributed by atoms with Crippen LogP contribution in [0.3, 0.4) is 0 Å². The van der Waals surface area contributed by atoms with Gasteiger partial charge < -0.3 is 90.1 Å². The van der Waals surface area contributed by atoms with E-state index in [2.05, 4.69) is 0 Å².